The molecule has 8 heteroatoms. The van der Waals surface area contributed by atoms with Gasteiger partial charge in [-0.25, -0.2) is 9.97 Å². The summed E-state index contributed by atoms with van der Waals surface area (Å²) in [6.07, 6.45) is 5.83. The van der Waals surface area contributed by atoms with Gasteiger partial charge in [0.25, 0.3) is 5.91 Å². The first-order valence-corrected chi connectivity index (χ1v) is 13.9. The average molecular weight is 561 g/mol. The Hall–Kier alpha value is -4.98. The van der Waals surface area contributed by atoms with E-state index in [9.17, 15) is 9.59 Å². The van der Waals surface area contributed by atoms with E-state index in [0.29, 0.717) is 29.1 Å². The third kappa shape index (κ3) is 6.33. The largest absolute Gasteiger partial charge is 0.349 e. The Kier molecular flexibility index (Phi) is 7.81. The molecule has 0 unspecified atom stereocenters. The molecule has 42 heavy (non-hydrogen) atoms. The summed E-state index contributed by atoms with van der Waals surface area (Å²) >= 11 is 0. The van der Waals surface area contributed by atoms with Crippen molar-refractivity contribution in [2.75, 3.05) is 24.7 Å². The fourth-order valence-corrected chi connectivity index (χ4v) is 4.62. The number of carbonyl (C=O) groups excluding carboxylic acids is 2. The van der Waals surface area contributed by atoms with Crippen molar-refractivity contribution in [2.45, 2.75) is 39.5 Å². The second-order valence-electron chi connectivity index (χ2n) is 11.7. The van der Waals surface area contributed by atoms with Crippen LogP contribution in [0.25, 0.3) is 16.9 Å². The molecular formula is C34H36N6O2. The van der Waals surface area contributed by atoms with Crippen molar-refractivity contribution in [3.05, 3.63) is 108 Å². The van der Waals surface area contributed by atoms with Crippen molar-refractivity contribution >= 4 is 34.7 Å². The van der Waals surface area contributed by atoms with E-state index in [2.05, 4.69) is 36.4 Å². The number of hydrogen-bond donors (Lipinski definition) is 2. The first-order valence-electron chi connectivity index (χ1n) is 13.9. The lowest BCUT2D eigenvalue weighted by atomic mass is 9.86. The van der Waals surface area contributed by atoms with Gasteiger partial charge in [-0.05, 0) is 59.4 Å². The zero-order valence-corrected chi connectivity index (χ0v) is 24.9. The number of anilines is 3. The maximum Gasteiger partial charge on any atom is 0.255 e. The fourth-order valence-electron chi connectivity index (χ4n) is 4.62. The average Bonchev–Trinajstić information content (AvgIpc) is 3.43. The Balaban J connectivity index is 1.42. The summed E-state index contributed by atoms with van der Waals surface area (Å²) in [5, 5.41) is 6.47. The summed E-state index contributed by atoms with van der Waals surface area (Å²) in [5.74, 6) is 0.453. The molecule has 0 aliphatic heterocycles. The molecule has 0 spiro atoms. The van der Waals surface area contributed by atoms with Crippen molar-refractivity contribution in [3.63, 3.8) is 0 Å². The van der Waals surface area contributed by atoms with E-state index in [1.807, 2.05) is 90.4 Å². The Morgan fingerprint density at radius 3 is 2.45 bits per heavy atom. The van der Waals surface area contributed by atoms with E-state index in [4.69, 9.17) is 4.98 Å². The van der Waals surface area contributed by atoms with Gasteiger partial charge in [-0.3, -0.25) is 9.59 Å². The van der Waals surface area contributed by atoms with Crippen LogP contribution in [0.1, 0.15) is 47.8 Å². The van der Waals surface area contributed by atoms with Crippen molar-refractivity contribution in [2.24, 2.45) is 0 Å². The molecule has 2 aromatic heterocycles. The molecule has 5 rings (SSSR count). The first-order chi connectivity index (χ1) is 20.0. The molecule has 5 aromatic rings. The van der Waals surface area contributed by atoms with Gasteiger partial charge < -0.3 is 19.9 Å². The predicted molar refractivity (Wildman–Crippen MR) is 168 cm³/mol. The molecule has 0 atom stereocenters. The maximum atomic E-state index is 13.1. The molecule has 3 aromatic carbocycles. The monoisotopic (exact) mass is 560 g/mol. The Morgan fingerprint density at radius 1 is 0.976 bits per heavy atom. The first kappa shape index (κ1) is 28.5. The number of carbonyl (C=O) groups is 2. The van der Waals surface area contributed by atoms with Crippen LogP contribution in [0.3, 0.4) is 0 Å². The molecule has 2 amide bonds. The molecule has 0 aliphatic rings. The van der Waals surface area contributed by atoms with Gasteiger partial charge >= 0.3 is 0 Å². The van der Waals surface area contributed by atoms with Gasteiger partial charge in [-0.1, -0.05) is 57.2 Å². The van der Waals surface area contributed by atoms with Gasteiger partial charge in [-0.15, -0.1) is 0 Å². The Labute approximate surface area is 246 Å². The molecule has 214 valence electrons. The number of benzene rings is 3. The quantitative estimate of drug-likeness (QED) is 0.233. The Morgan fingerprint density at radius 2 is 1.74 bits per heavy atom. The molecule has 0 bridgehead atoms. The number of imidazole rings is 1. The number of amides is 2. The maximum absolute atomic E-state index is 13.1. The summed E-state index contributed by atoms with van der Waals surface area (Å²) in [5.41, 5.74) is 7.42. The molecule has 0 fully saturated rings. The Bertz CT molecular complexity index is 1760. The highest BCUT2D eigenvalue weighted by atomic mass is 16.2. The summed E-state index contributed by atoms with van der Waals surface area (Å²) in [6, 6.07) is 21.4. The van der Waals surface area contributed by atoms with Crippen molar-refractivity contribution in [1.82, 2.24) is 19.3 Å². The van der Waals surface area contributed by atoms with Crippen LogP contribution in [0.5, 0.6) is 0 Å². The summed E-state index contributed by atoms with van der Waals surface area (Å²) in [7, 11) is 3.50. The summed E-state index contributed by atoms with van der Waals surface area (Å²) in [6.45, 7) is 8.42. The van der Waals surface area contributed by atoms with E-state index in [1.165, 1.54) is 5.56 Å². The molecule has 0 aliphatic carbocycles. The summed E-state index contributed by atoms with van der Waals surface area (Å²) in [4.78, 5) is 36.3. The van der Waals surface area contributed by atoms with E-state index in [-0.39, 0.29) is 17.2 Å². The predicted octanol–water partition coefficient (Wildman–Crippen LogP) is 6.63. The lowest BCUT2D eigenvalue weighted by Gasteiger charge is -2.19. The number of aromatic nitrogens is 3. The third-order valence-electron chi connectivity index (χ3n) is 7.21. The van der Waals surface area contributed by atoms with Crippen LogP contribution in [-0.2, 0) is 16.6 Å². The highest BCUT2D eigenvalue weighted by molar-refractivity contribution is 6.05. The number of rotatable bonds is 7. The number of fused-ring (bicyclic) bond motifs is 1. The lowest BCUT2D eigenvalue weighted by molar-refractivity contribution is -0.127. The van der Waals surface area contributed by atoms with Gasteiger partial charge in [0.05, 0.1) is 12.1 Å². The highest BCUT2D eigenvalue weighted by Gasteiger charge is 2.16. The van der Waals surface area contributed by atoms with Crippen LogP contribution < -0.4 is 10.6 Å². The molecular weight excluding hydrogens is 524 g/mol. The van der Waals surface area contributed by atoms with Gasteiger partial charge in [-0.2, -0.15) is 0 Å². The van der Waals surface area contributed by atoms with Gasteiger partial charge in [0.1, 0.15) is 0 Å². The molecule has 2 N–H and O–H groups in total. The number of nitrogens with one attached hydrogen (secondary N) is 2. The van der Waals surface area contributed by atoms with E-state index in [1.54, 1.807) is 25.2 Å². The smallest absolute Gasteiger partial charge is 0.255 e. The van der Waals surface area contributed by atoms with Crippen molar-refractivity contribution in [1.29, 1.82) is 0 Å². The molecule has 0 saturated heterocycles. The number of hydrogen-bond acceptors (Lipinski definition) is 5. The zero-order valence-electron chi connectivity index (χ0n) is 24.9. The van der Waals surface area contributed by atoms with Crippen molar-refractivity contribution in [3.8, 4) is 11.3 Å². The minimum absolute atomic E-state index is 0.0188. The number of aryl methyl sites for hydroxylation is 1. The lowest BCUT2D eigenvalue weighted by Crippen LogP contribution is -2.23. The van der Waals surface area contributed by atoms with E-state index >= 15 is 0 Å². The fraction of sp³-hybridized carbons (Fsp3) is 0.235. The second kappa shape index (κ2) is 11.5. The van der Waals surface area contributed by atoms with Gasteiger partial charge in [0.2, 0.25) is 5.91 Å². The molecule has 8 nitrogen and oxygen atoms in total. The molecule has 0 radical (unpaired) electrons. The highest BCUT2D eigenvalue weighted by Crippen LogP contribution is 2.29. The minimum atomic E-state index is -0.163. The number of likely N-dealkylation sites (N-methyl/N-ethyl adjacent to an activating group) is 1. The van der Waals surface area contributed by atoms with Crippen LogP contribution in [0, 0.1) is 6.92 Å². The van der Waals surface area contributed by atoms with Crippen LogP contribution >= 0.6 is 0 Å². The minimum Gasteiger partial charge on any atom is -0.349 e. The molecule has 2 heterocycles. The summed E-state index contributed by atoms with van der Waals surface area (Å²) < 4.78 is 1.92. The van der Waals surface area contributed by atoms with Gasteiger partial charge in [0, 0.05) is 55.2 Å². The van der Waals surface area contributed by atoms with Crippen LogP contribution in [0.2, 0.25) is 0 Å². The zero-order chi connectivity index (χ0) is 30.0. The SMILES string of the molecule is Cc1ccc(-c2cn3ccnc3c(Nc3cccc(CC(=O)N(C)C)c3)n2)cc1NC(=O)c1ccc(C(C)(C)C)cc1. The standard InChI is InChI=1S/C34H36N6O2/c1-22-10-11-25(20-28(22)38-33(42)24-12-14-26(15-13-24)34(2,3)4)29-21-40-17-16-35-32(40)31(37-29)36-27-9-7-8-23(18-27)19-30(41)39(5)6/h7-18,20-21H,19H2,1-6H3,(H,36,37)(H,38,42). The second-order valence-corrected chi connectivity index (χ2v) is 11.7. The van der Waals surface area contributed by atoms with Crippen LogP contribution in [0.4, 0.5) is 17.2 Å². The van der Waals surface area contributed by atoms with Crippen LogP contribution in [0.15, 0.2) is 85.3 Å². The van der Waals surface area contributed by atoms with Crippen LogP contribution in [-0.4, -0.2) is 45.2 Å². The van der Waals surface area contributed by atoms with Crippen molar-refractivity contribution < 1.29 is 9.59 Å². The topological polar surface area (TPSA) is 91.6 Å². The van der Waals surface area contributed by atoms with E-state index < -0.39 is 0 Å². The third-order valence-corrected chi connectivity index (χ3v) is 7.21. The van der Waals surface area contributed by atoms with Gasteiger partial charge in [0.15, 0.2) is 11.5 Å². The van der Waals surface area contributed by atoms with E-state index in [0.717, 1.165) is 28.1 Å². The number of nitrogens with zero attached hydrogens (tertiary/aromatic N) is 4. The normalized spacial score (nSPS) is 11.4. The molecule has 0 saturated carbocycles.